The second-order valence-corrected chi connectivity index (χ2v) is 13.0. The standard InChI is InChI=1S/C49H29N3O2/c1-2-14-30(15-3-1)31-16-4-7-20-38(31)47-50-48(52-49(51-47)41-24-13-27-44-45(41)40-21-9-11-26-43(40)53-44)39-29-28-34(32-17-5-6-18-33(32)39)36-22-12-23-37-35-19-8-10-25-42(35)54-46(36)37/h1-29H/i9D,11D,13D,21D,24D,26D,27D. The molecule has 252 valence electrons. The van der Waals surface area contributed by atoms with Crippen LogP contribution in [-0.4, -0.2) is 15.0 Å². The molecule has 3 aromatic heterocycles. The van der Waals surface area contributed by atoms with E-state index in [1.807, 2.05) is 121 Å². The maximum atomic E-state index is 9.33. The van der Waals surface area contributed by atoms with Crippen LogP contribution >= 0.6 is 0 Å². The second kappa shape index (κ2) is 12.1. The van der Waals surface area contributed by atoms with Gasteiger partial charge in [0.25, 0.3) is 0 Å². The molecular formula is C49H29N3O2. The van der Waals surface area contributed by atoms with Crippen molar-refractivity contribution in [3.8, 4) is 56.4 Å². The number of hydrogen-bond donors (Lipinski definition) is 0. The maximum Gasteiger partial charge on any atom is 0.164 e. The lowest BCUT2D eigenvalue weighted by Crippen LogP contribution is -2.02. The van der Waals surface area contributed by atoms with E-state index in [9.17, 15) is 1.37 Å². The zero-order valence-corrected chi connectivity index (χ0v) is 28.4. The number of fused-ring (bicyclic) bond motifs is 7. The van der Waals surface area contributed by atoms with E-state index >= 15 is 0 Å². The van der Waals surface area contributed by atoms with Gasteiger partial charge in [-0.05, 0) is 51.7 Å². The van der Waals surface area contributed by atoms with E-state index in [1.165, 1.54) is 0 Å². The lowest BCUT2D eigenvalue weighted by atomic mass is 9.93. The molecule has 5 heteroatoms. The fourth-order valence-corrected chi connectivity index (χ4v) is 7.49. The summed E-state index contributed by atoms with van der Waals surface area (Å²) in [5.74, 6) is 0.501. The Morgan fingerprint density at radius 1 is 0.352 bits per heavy atom. The Labute approximate surface area is 319 Å². The van der Waals surface area contributed by atoms with E-state index in [0.717, 1.165) is 55.0 Å². The van der Waals surface area contributed by atoms with Gasteiger partial charge < -0.3 is 8.83 Å². The molecule has 0 unspecified atom stereocenters. The first-order valence-electron chi connectivity index (χ1n) is 21.0. The Balaban J connectivity index is 1.22. The van der Waals surface area contributed by atoms with Gasteiger partial charge in [0.05, 0.1) is 9.60 Å². The third-order valence-electron chi connectivity index (χ3n) is 9.92. The van der Waals surface area contributed by atoms with Crippen LogP contribution in [-0.2, 0) is 0 Å². The number of nitrogens with zero attached hydrogens (tertiary/aromatic N) is 3. The highest BCUT2D eigenvalue weighted by molar-refractivity contribution is 6.14. The summed E-state index contributed by atoms with van der Waals surface area (Å²) in [6.45, 7) is 0. The molecule has 0 aliphatic carbocycles. The molecule has 0 saturated heterocycles. The molecule has 0 atom stereocenters. The van der Waals surface area contributed by atoms with Gasteiger partial charge in [-0.2, -0.15) is 0 Å². The first-order valence-corrected chi connectivity index (χ1v) is 17.5. The molecule has 11 rings (SSSR count). The molecule has 11 aromatic rings. The van der Waals surface area contributed by atoms with E-state index in [4.69, 9.17) is 32.0 Å². The van der Waals surface area contributed by atoms with Gasteiger partial charge in [0.1, 0.15) is 22.3 Å². The normalized spacial score (nSPS) is 13.5. The van der Waals surface area contributed by atoms with Crippen molar-refractivity contribution in [3.63, 3.8) is 0 Å². The summed E-state index contributed by atoms with van der Waals surface area (Å²) in [5.41, 5.74) is 6.13. The Hall–Kier alpha value is -7.37. The van der Waals surface area contributed by atoms with E-state index in [1.54, 1.807) is 0 Å². The maximum absolute atomic E-state index is 9.33. The summed E-state index contributed by atoms with van der Waals surface area (Å²) in [4.78, 5) is 15.2. The third-order valence-corrected chi connectivity index (χ3v) is 9.92. The van der Waals surface area contributed by atoms with Crippen LogP contribution in [0.15, 0.2) is 185 Å². The molecule has 0 bridgehead atoms. The number of hydrogen-bond acceptors (Lipinski definition) is 5. The molecular weight excluding hydrogens is 663 g/mol. The van der Waals surface area contributed by atoms with E-state index < -0.39 is 42.3 Å². The van der Waals surface area contributed by atoms with Crippen molar-refractivity contribution in [1.82, 2.24) is 15.0 Å². The van der Waals surface area contributed by atoms with Gasteiger partial charge in [-0.15, -0.1) is 0 Å². The largest absolute Gasteiger partial charge is 0.456 e. The lowest BCUT2D eigenvalue weighted by molar-refractivity contribution is 0.669. The quantitative estimate of drug-likeness (QED) is 0.179. The van der Waals surface area contributed by atoms with Crippen molar-refractivity contribution in [2.75, 3.05) is 0 Å². The highest BCUT2D eigenvalue weighted by Crippen LogP contribution is 2.42. The number of furan rings is 2. The molecule has 0 N–H and O–H groups in total. The van der Waals surface area contributed by atoms with Gasteiger partial charge in [-0.3, -0.25) is 0 Å². The van der Waals surface area contributed by atoms with Crippen LogP contribution in [0.2, 0.25) is 0 Å². The van der Waals surface area contributed by atoms with Gasteiger partial charge in [-0.1, -0.05) is 152 Å². The minimum atomic E-state index is -0.504. The Bertz CT molecular complexity index is 3640. The fourth-order valence-electron chi connectivity index (χ4n) is 7.49. The van der Waals surface area contributed by atoms with E-state index in [-0.39, 0.29) is 45.0 Å². The monoisotopic (exact) mass is 698 g/mol. The number of rotatable bonds is 5. The van der Waals surface area contributed by atoms with Crippen LogP contribution in [0.4, 0.5) is 0 Å². The van der Waals surface area contributed by atoms with Crippen molar-refractivity contribution >= 4 is 54.6 Å². The van der Waals surface area contributed by atoms with Crippen LogP contribution in [0.25, 0.3) is 111 Å². The highest BCUT2D eigenvalue weighted by Gasteiger charge is 2.21. The summed E-state index contributed by atoms with van der Waals surface area (Å²) < 4.78 is 74.0. The van der Waals surface area contributed by atoms with Crippen LogP contribution in [0.1, 0.15) is 9.60 Å². The van der Waals surface area contributed by atoms with E-state index in [0.29, 0.717) is 11.1 Å². The van der Waals surface area contributed by atoms with E-state index in [2.05, 4.69) is 12.1 Å². The van der Waals surface area contributed by atoms with Crippen molar-refractivity contribution in [1.29, 1.82) is 0 Å². The smallest absolute Gasteiger partial charge is 0.164 e. The fraction of sp³-hybridized carbons (Fsp3) is 0. The molecule has 0 aliphatic heterocycles. The molecule has 0 saturated carbocycles. The molecule has 0 radical (unpaired) electrons. The molecule has 0 spiro atoms. The first kappa shape index (κ1) is 24.0. The Kier molecular flexibility index (Phi) is 5.38. The summed E-state index contributed by atoms with van der Waals surface area (Å²) in [7, 11) is 0. The van der Waals surface area contributed by atoms with Crippen LogP contribution in [0, 0.1) is 0 Å². The van der Waals surface area contributed by atoms with Gasteiger partial charge in [0.2, 0.25) is 0 Å². The predicted molar refractivity (Wildman–Crippen MR) is 219 cm³/mol. The summed E-state index contributed by atoms with van der Waals surface area (Å²) >= 11 is 0. The number of para-hydroxylation sites is 3. The van der Waals surface area contributed by atoms with Crippen molar-refractivity contribution in [2.45, 2.75) is 0 Å². The second-order valence-electron chi connectivity index (χ2n) is 13.0. The van der Waals surface area contributed by atoms with Crippen molar-refractivity contribution < 1.29 is 18.4 Å². The van der Waals surface area contributed by atoms with Gasteiger partial charge in [0.15, 0.2) is 17.5 Å². The SMILES string of the molecule is [2H]c1c([2H])c([2H])c2c(oc3c([2H])c([2H])c([2H])c(-c4nc(-c5ccccc5-c5ccccc5)nc(-c5ccc(-c6cccc7c6oc6ccccc67)c6ccccc56)n4)c32)c1[2H]. The van der Waals surface area contributed by atoms with Crippen molar-refractivity contribution in [2.24, 2.45) is 0 Å². The van der Waals surface area contributed by atoms with Crippen molar-refractivity contribution in [3.05, 3.63) is 176 Å². The molecule has 0 aliphatic rings. The minimum absolute atomic E-state index is 0.0145. The molecule has 0 amide bonds. The number of aromatic nitrogens is 3. The average Bonchev–Trinajstić information content (AvgIpc) is 3.89. The Morgan fingerprint density at radius 2 is 0.963 bits per heavy atom. The summed E-state index contributed by atoms with van der Waals surface area (Å²) in [6, 6.07) is 40.4. The summed E-state index contributed by atoms with van der Waals surface area (Å²) in [5, 5.41) is 3.79. The topological polar surface area (TPSA) is 65.0 Å². The predicted octanol–water partition coefficient (Wildman–Crippen LogP) is 13.2. The van der Waals surface area contributed by atoms with Crippen LogP contribution in [0.5, 0.6) is 0 Å². The molecule has 8 aromatic carbocycles. The van der Waals surface area contributed by atoms with Crippen LogP contribution < -0.4 is 0 Å². The molecule has 54 heavy (non-hydrogen) atoms. The zero-order valence-electron chi connectivity index (χ0n) is 35.4. The van der Waals surface area contributed by atoms with Crippen LogP contribution in [0.3, 0.4) is 0 Å². The molecule has 5 nitrogen and oxygen atoms in total. The Morgan fingerprint density at radius 3 is 1.81 bits per heavy atom. The highest BCUT2D eigenvalue weighted by atomic mass is 16.3. The summed E-state index contributed by atoms with van der Waals surface area (Å²) in [6.07, 6.45) is 0. The first-order chi connectivity index (χ1) is 29.7. The molecule has 0 fully saturated rings. The van der Waals surface area contributed by atoms with Gasteiger partial charge in [0, 0.05) is 43.8 Å². The third kappa shape index (κ3) is 4.76. The molecule has 3 heterocycles. The number of benzene rings is 8. The lowest BCUT2D eigenvalue weighted by Gasteiger charge is -2.14. The van der Waals surface area contributed by atoms with Gasteiger partial charge in [-0.25, -0.2) is 15.0 Å². The zero-order chi connectivity index (χ0) is 41.7. The average molecular weight is 699 g/mol. The minimum Gasteiger partial charge on any atom is -0.456 e. The van der Waals surface area contributed by atoms with Gasteiger partial charge >= 0.3 is 0 Å².